The summed E-state index contributed by atoms with van der Waals surface area (Å²) in [5.74, 6) is 0.261. The van der Waals surface area contributed by atoms with Crippen molar-refractivity contribution < 1.29 is 9.32 Å². The van der Waals surface area contributed by atoms with E-state index in [-0.39, 0.29) is 30.3 Å². The molecular weight excluding hydrogens is 316 g/mol. The topological polar surface area (TPSA) is 71.3 Å². The lowest BCUT2D eigenvalue weighted by molar-refractivity contribution is 0.0657. The molecule has 0 bridgehead atoms. The normalized spacial score (nSPS) is 18.3. The zero-order chi connectivity index (χ0) is 15.9. The molecule has 1 fully saturated rings. The van der Waals surface area contributed by atoms with Gasteiger partial charge in [0.1, 0.15) is 0 Å². The number of rotatable bonds is 2. The molecule has 7 heteroatoms. The van der Waals surface area contributed by atoms with E-state index in [4.69, 9.17) is 4.52 Å². The Morgan fingerprint density at radius 2 is 2.22 bits per heavy atom. The van der Waals surface area contributed by atoms with Crippen LogP contribution in [0.5, 0.6) is 0 Å². The molecule has 1 saturated heterocycles. The van der Waals surface area contributed by atoms with Crippen molar-refractivity contribution in [3.05, 3.63) is 23.0 Å². The summed E-state index contributed by atoms with van der Waals surface area (Å²) in [6.07, 6.45) is 0. The van der Waals surface area contributed by atoms with Crippen LogP contribution in [0.25, 0.3) is 11.1 Å². The van der Waals surface area contributed by atoms with Crippen LogP contribution in [0.2, 0.25) is 0 Å². The summed E-state index contributed by atoms with van der Waals surface area (Å²) in [6.45, 7) is 10.4. The number of piperazine rings is 1. The van der Waals surface area contributed by atoms with Crippen LogP contribution in [0.4, 0.5) is 0 Å². The second-order valence-corrected chi connectivity index (χ2v) is 6.25. The molecule has 1 unspecified atom stereocenters. The van der Waals surface area contributed by atoms with Gasteiger partial charge in [-0.15, -0.1) is 12.4 Å². The van der Waals surface area contributed by atoms with E-state index in [1.807, 2.05) is 17.9 Å². The molecule has 2 aromatic heterocycles. The SMILES string of the molecule is Cc1noc2nc(C(C)C)cc(C(=O)N3CCNCC3C)c12.Cl. The van der Waals surface area contributed by atoms with E-state index in [1.165, 1.54) is 0 Å². The Kier molecular flexibility index (Phi) is 5.26. The maximum absolute atomic E-state index is 13.1. The van der Waals surface area contributed by atoms with Crippen LogP contribution in [0.1, 0.15) is 48.4 Å². The van der Waals surface area contributed by atoms with Crippen molar-refractivity contribution in [3.8, 4) is 0 Å². The van der Waals surface area contributed by atoms with Crippen LogP contribution < -0.4 is 5.32 Å². The summed E-state index contributed by atoms with van der Waals surface area (Å²) in [5, 5.41) is 8.03. The maximum atomic E-state index is 13.1. The molecule has 1 N–H and O–H groups in total. The molecule has 126 valence electrons. The standard InChI is InChI=1S/C16H22N4O2.ClH/c1-9(2)13-7-12(14-11(4)19-22-15(14)18-13)16(21)20-6-5-17-8-10(20)3;/h7,9-10,17H,5-6,8H2,1-4H3;1H. The molecule has 0 saturated carbocycles. The highest BCUT2D eigenvalue weighted by Gasteiger charge is 2.28. The van der Waals surface area contributed by atoms with Crippen molar-refractivity contribution in [1.82, 2.24) is 20.4 Å². The highest BCUT2D eigenvalue weighted by atomic mass is 35.5. The number of pyridine rings is 1. The first-order chi connectivity index (χ1) is 10.5. The maximum Gasteiger partial charge on any atom is 0.259 e. The molecular formula is C16H23ClN4O2. The zero-order valence-electron chi connectivity index (χ0n) is 13.9. The minimum absolute atomic E-state index is 0. The van der Waals surface area contributed by atoms with Crippen LogP contribution in [-0.4, -0.2) is 46.6 Å². The molecule has 0 radical (unpaired) electrons. The molecule has 0 aromatic carbocycles. The third kappa shape index (κ3) is 3.19. The van der Waals surface area contributed by atoms with Gasteiger partial charge in [0.15, 0.2) is 0 Å². The zero-order valence-corrected chi connectivity index (χ0v) is 14.7. The van der Waals surface area contributed by atoms with Gasteiger partial charge < -0.3 is 14.7 Å². The molecule has 1 aliphatic heterocycles. The molecule has 1 aliphatic rings. The van der Waals surface area contributed by atoms with E-state index in [9.17, 15) is 4.79 Å². The minimum atomic E-state index is 0. The Bertz CT molecular complexity index is 713. The minimum Gasteiger partial charge on any atom is -0.336 e. The van der Waals surface area contributed by atoms with Gasteiger partial charge in [-0.3, -0.25) is 4.79 Å². The molecule has 3 heterocycles. The van der Waals surface area contributed by atoms with E-state index in [1.54, 1.807) is 0 Å². The van der Waals surface area contributed by atoms with Crippen LogP contribution in [-0.2, 0) is 0 Å². The first-order valence-corrected chi connectivity index (χ1v) is 7.77. The molecule has 2 aromatic rings. The first kappa shape index (κ1) is 17.7. The van der Waals surface area contributed by atoms with Gasteiger partial charge in [-0.25, -0.2) is 4.98 Å². The number of halogens is 1. The van der Waals surface area contributed by atoms with Crippen molar-refractivity contribution in [2.75, 3.05) is 19.6 Å². The Morgan fingerprint density at radius 3 is 2.87 bits per heavy atom. The number of nitrogens with one attached hydrogen (secondary N) is 1. The molecule has 6 nitrogen and oxygen atoms in total. The fourth-order valence-corrected chi connectivity index (χ4v) is 2.88. The smallest absolute Gasteiger partial charge is 0.259 e. The number of hydrogen-bond donors (Lipinski definition) is 1. The van der Waals surface area contributed by atoms with Crippen molar-refractivity contribution in [2.24, 2.45) is 0 Å². The lowest BCUT2D eigenvalue weighted by Gasteiger charge is -2.34. The average molecular weight is 339 g/mol. The summed E-state index contributed by atoms with van der Waals surface area (Å²) >= 11 is 0. The Balaban J connectivity index is 0.00000192. The predicted molar refractivity (Wildman–Crippen MR) is 91.2 cm³/mol. The summed E-state index contributed by atoms with van der Waals surface area (Å²) in [4.78, 5) is 19.5. The number of fused-ring (bicyclic) bond motifs is 1. The van der Waals surface area contributed by atoms with Crippen molar-refractivity contribution in [2.45, 2.75) is 39.7 Å². The number of nitrogens with zero attached hydrogens (tertiary/aromatic N) is 3. The largest absolute Gasteiger partial charge is 0.336 e. The fraction of sp³-hybridized carbons (Fsp3) is 0.562. The van der Waals surface area contributed by atoms with Crippen LogP contribution >= 0.6 is 12.4 Å². The third-order valence-electron chi connectivity index (χ3n) is 4.22. The van der Waals surface area contributed by atoms with Crippen LogP contribution in [0, 0.1) is 6.92 Å². The van der Waals surface area contributed by atoms with E-state index in [0.717, 1.165) is 24.2 Å². The van der Waals surface area contributed by atoms with Gasteiger partial charge in [0.05, 0.1) is 16.6 Å². The summed E-state index contributed by atoms with van der Waals surface area (Å²) in [6, 6.07) is 2.07. The summed E-state index contributed by atoms with van der Waals surface area (Å²) in [7, 11) is 0. The molecule has 1 atom stereocenters. The van der Waals surface area contributed by atoms with Crippen molar-refractivity contribution in [3.63, 3.8) is 0 Å². The quantitative estimate of drug-likeness (QED) is 0.911. The second kappa shape index (κ2) is 6.84. The number of carbonyl (C=O) groups excluding carboxylic acids is 1. The van der Waals surface area contributed by atoms with E-state index in [0.29, 0.717) is 23.5 Å². The van der Waals surface area contributed by atoms with Gasteiger partial charge >= 0.3 is 0 Å². The van der Waals surface area contributed by atoms with Gasteiger partial charge in [-0.2, -0.15) is 0 Å². The lowest BCUT2D eigenvalue weighted by atomic mass is 10.0. The number of aromatic nitrogens is 2. The molecule has 3 rings (SSSR count). The lowest BCUT2D eigenvalue weighted by Crippen LogP contribution is -2.52. The highest BCUT2D eigenvalue weighted by Crippen LogP contribution is 2.26. The van der Waals surface area contributed by atoms with Crippen molar-refractivity contribution >= 4 is 29.4 Å². The predicted octanol–water partition coefficient (Wildman–Crippen LogP) is 2.51. The van der Waals surface area contributed by atoms with E-state index >= 15 is 0 Å². The number of amides is 1. The molecule has 0 spiro atoms. The second-order valence-electron chi connectivity index (χ2n) is 6.25. The van der Waals surface area contributed by atoms with Gasteiger partial charge in [0.25, 0.3) is 11.6 Å². The van der Waals surface area contributed by atoms with E-state index in [2.05, 4.69) is 36.2 Å². The number of aryl methyl sites for hydroxylation is 1. The van der Waals surface area contributed by atoms with Gasteiger partial charge in [0.2, 0.25) is 0 Å². The molecule has 0 aliphatic carbocycles. The first-order valence-electron chi connectivity index (χ1n) is 7.77. The Labute approximate surface area is 142 Å². The van der Waals surface area contributed by atoms with Crippen LogP contribution in [0.15, 0.2) is 10.6 Å². The molecule has 1 amide bonds. The Morgan fingerprint density at radius 1 is 1.48 bits per heavy atom. The third-order valence-corrected chi connectivity index (χ3v) is 4.22. The number of carbonyl (C=O) groups is 1. The fourth-order valence-electron chi connectivity index (χ4n) is 2.88. The number of hydrogen-bond acceptors (Lipinski definition) is 5. The summed E-state index contributed by atoms with van der Waals surface area (Å²) in [5.41, 5.74) is 2.68. The van der Waals surface area contributed by atoms with Gasteiger partial charge in [0, 0.05) is 31.4 Å². The summed E-state index contributed by atoms with van der Waals surface area (Å²) < 4.78 is 5.30. The van der Waals surface area contributed by atoms with Gasteiger partial charge in [-0.1, -0.05) is 19.0 Å². The average Bonchev–Trinajstić information content (AvgIpc) is 2.88. The van der Waals surface area contributed by atoms with E-state index < -0.39 is 0 Å². The van der Waals surface area contributed by atoms with Gasteiger partial charge in [-0.05, 0) is 25.8 Å². The molecule has 23 heavy (non-hydrogen) atoms. The monoisotopic (exact) mass is 338 g/mol. The highest BCUT2D eigenvalue weighted by molar-refractivity contribution is 6.06. The Hall–Kier alpha value is -1.66. The van der Waals surface area contributed by atoms with Crippen molar-refractivity contribution in [1.29, 1.82) is 0 Å². The van der Waals surface area contributed by atoms with Crippen LogP contribution in [0.3, 0.4) is 0 Å².